The number of rotatable bonds is 3. The lowest BCUT2D eigenvalue weighted by Crippen LogP contribution is -1.96. The van der Waals surface area contributed by atoms with Crippen molar-refractivity contribution in [2.75, 3.05) is 5.32 Å². The third-order valence-corrected chi connectivity index (χ3v) is 3.74. The van der Waals surface area contributed by atoms with Crippen LogP contribution in [0.25, 0.3) is 0 Å². The number of nitriles is 1. The molecule has 0 aliphatic heterocycles. The molecule has 0 amide bonds. The van der Waals surface area contributed by atoms with E-state index in [2.05, 4.69) is 21.2 Å². The molecule has 2 rings (SSSR count). The highest BCUT2D eigenvalue weighted by Gasteiger charge is 2.14. The van der Waals surface area contributed by atoms with Crippen LogP contribution >= 0.6 is 27.5 Å². The summed E-state index contributed by atoms with van der Waals surface area (Å²) in [5.74, 6) is 0. The zero-order chi connectivity index (χ0) is 14.7. The van der Waals surface area contributed by atoms with Crippen molar-refractivity contribution in [3.8, 4) is 6.07 Å². The minimum Gasteiger partial charge on any atom is -0.355 e. The second-order valence-electron chi connectivity index (χ2n) is 3.85. The van der Waals surface area contributed by atoms with E-state index in [0.717, 1.165) is 5.69 Å². The Hall–Kier alpha value is -2.10. The Morgan fingerprint density at radius 1 is 1.25 bits per heavy atom. The molecule has 2 aromatic rings. The zero-order valence-electron chi connectivity index (χ0n) is 9.93. The predicted molar refractivity (Wildman–Crippen MR) is 80.2 cm³/mol. The minimum atomic E-state index is -0.582. The predicted octanol–water partition coefficient (Wildman–Crippen LogP) is 4.63. The standard InChI is InChI=1S/C13H7BrClN3O2/c14-11-5-9(3-4-12(11)15)17-10-2-1-8(7-16)13(6-10)18(19)20/h1-6,17H. The van der Waals surface area contributed by atoms with Crippen molar-refractivity contribution in [3.63, 3.8) is 0 Å². The van der Waals surface area contributed by atoms with Crippen LogP contribution in [0.2, 0.25) is 5.02 Å². The first-order chi connectivity index (χ1) is 9.51. The minimum absolute atomic E-state index is 0.0258. The summed E-state index contributed by atoms with van der Waals surface area (Å²) in [6, 6.07) is 11.3. The number of nitrogens with one attached hydrogen (secondary N) is 1. The van der Waals surface area contributed by atoms with E-state index < -0.39 is 4.92 Å². The number of anilines is 2. The highest BCUT2D eigenvalue weighted by atomic mass is 79.9. The van der Waals surface area contributed by atoms with Gasteiger partial charge in [0, 0.05) is 21.9 Å². The lowest BCUT2D eigenvalue weighted by atomic mass is 10.1. The van der Waals surface area contributed by atoms with E-state index in [1.807, 2.05) is 0 Å². The summed E-state index contributed by atoms with van der Waals surface area (Å²) < 4.78 is 0.715. The van der Waals surface area contributed by atoms with Crippen LogP contribution in [-0.2, 0) is 0 Å². The van der Waals surface area contributed by atoms with E-state index in [-0.39, 0.29) is 11.3 Å². The molecule has 20 heavy (non-hydrogen) atoms. The van der Waals surface area contributed by atoms with Gasteiger partial charge in [-0.1, -0.05) is 11.6 Å². The molecule has 0 spiro atoms. The summed E-state index contributed by atoms with van der Waals surface area (Å²) in [5.41, 5.74) is 1.04. The lowest BCUT2D eigenvalue weighted by Gasteiger charge is -2.08. The van der Waals surface area contributed by atoms with Gasteiger partial charge in [0.25, 0.3) is 5.69 Å². The van der Waals surface area contributed by atoms with Crippen LogP contribution < -0.4 is 5.32 Å². The van der Waals surface area contributed by atoms with Gasteiger partial charge < -0.3 is 5.32 Å². The van der Waals surface area contributed by atoms with E-state index in [1.54, 1.807) is 30.3 Å². The van der Waals surface area contributed by atoms with Crippen molar-refractivity contribution in [2.24, 2.45) is 0 Å². The van der Waals surface area contributed by atoms with E-state index in [9.17, 15) is 10.1 Å². The van der Waals surface area contributed by atoms with E-state index in [0.29, 0.717) is 15.2 Å². The Kier molecular flexibility index (Phi) is 4.23. The number of nitrogens with zero attached hydrogens (tertiary/aromatic N) is 2. The van der Waals surface area contributed by atoms with Gasteiger partial charge in [-0.15, -0.1) is 0 Å². The second kappa shape index (κ2) is 5.90. The summed E-state index contributed by atoms with van der Waals surface area (Å²) >= 11 is 9.19. The van der Waals surface area contributed by atoms with E-state index in [4.69, 9.17) is 16.9 Å². The summed E-state index contributed by atoms with van der Waals surface area (Å²) in [7, 11) is 0. The van der Waals surface area contributed by atoms with Gasteiger partial charge in [0.15, 0.2) is 0 Å². The van der Waals surface area contributed by atoms with Crippen LogP contribution in [0, 0.1) is 21.4 Å². The maximum Gasteiger partial charge on any atom is 0.289 e. The average molecular weight is 353 g/mol. The van der Waals surface area contributed by atoms with Crippen molar-refractivity contribution < 1.29 is 4.92 Å². The first kappa shape index (κ1) is 14.3. The Morgan fingerprint density at radius 3 is 2.50 bits per heavy atom. The summed E-state index contributed by atoms with van der Waals surface area (Å²) in [5, 5.41) is 23.3. The van der Waals surface area contributed by atoms with E-state index in [1.165, 1.54) is 12.1 Å². The van der Waals surface area contributed by atoms with Crippen molar-refractivity contribution in [2.45, 2.75) is 0 Å². The molecule has 0 aliphatic carbocycles. The lowest BCUT2D eigenvalue weighted by molar-refractivity contribution is -0.385. The maximum atomic E-state index is 10.9. The molecule has 0 unspecified atom stereocenters. The topological polar surface area (TPSA) is 79.0 Å². The number of nitro groups is 1. The van der Waals surface area contributed by atoms with Crippen LogP contribution in [0.3, 0.4) is 0 Å². The average Bonchev–Trinajstić information content (AvgIpc) is 2.43. The quantitative estimate of drug-likeness (QED) is 0.645. The number of benzene rings is 2. The molecule has 0 atom stereocenters. The molecular weight excluding hydrogens is 346 g/mol. The fourth-order valence-corrected chi connectivity index (χ4v) is 2.09. The molecule has 100 valence electrons. The van der Waals surface area contributed by atoms with Crippen molar-refractivity contribution in [1.29, 1.82) is 5.26 Å². The summed E-state index contributed by atoms with van der Waals surface area (Å²) in [6.45, 7) is 0. The molecule has 0 radical (unpaired) electrons. The number of hydrogen-bond donors (Lipinski definition) is 1. The highest BCUT2D eigenvalue weighted by Crippen LogP contribution is 2.29. The zero-order valence-corrected chi connectivity index (χ0v) is 12.3. The number of hydrogen-bond acceptors (Lipinski definition) is 4. The van der Waals surface area contributed by atoms with Crippen LogP contribution in [0.15, 0.2) is 40.9 Å². The van der Waals surface area contributed by atoms with Gasteiger partial charge in [-0.2, -0.15) is 5.26 Å². The van der Waals surface area contributed by atoms with Gasteiger partial charge in [0.05, 0.1) is 9.95 Å². The molecule has 0 bridgehead atoms. The Bertz CT molecular complexity index is 728. The van der Waals surface area contributed by atoms with Crippen molar-refractivity contribution in [3.05, 3.63) is 61.6 Å². The molecule has 0 saturated carbocycles. The van der Waals surface area contributed by atoms with Crippen LogP contribution in [0.1, 0.15) is 5.56 Å². The smallest absolute Gasteiger partial charge is 0.289 e. The molecule has 5 nitrogen and oxygen atoms in total. The molecule has 0 heterocycles. The van der Waals surface area contributed by atoms with Crippen molar-refractivity contribution in [1.82, 2.24) is 0 Å². The van der Waals surface area contributed by atoms with Crippen LogP contribution in [0.5, 0.6) is 0 Å². The molecule has 1 N–H and O–H groups in total. The third kappa shape index (κ3) is 3.07. The van der Waals surface area contributed by atoms with Gasteiger partial charge in [-0.25, -0.2) is 0 Å². The monoisotopic (exact) mass is 351 g/mol. The third-order valence-electron chi connectivity index (χ3n) is 2.52. The first-order valence-electron chi connectivity index (χ1n) is 5.42. The second-order valence-corrected chi connectivity index (χ2v) is 5.12. The molecule has 7 heteroatoms. The normalized spacial score (nSPS) is 9.85. The van der Waals surface area contributed by atoms with Gasteiger partial charge in [-0.05, 0) is 46.3 Å². The fraction of sp³-hybridized carbons (Fsp3) is 0. The largest absolute Gasteiger partial charge is 0.355 e. The number of nitro benzene ring substituents is 1. The van der Waals surface area contributed by atoms with E-state index >= 15 is 0 Å². The first-order valence-corrected chi connectivity index (χ1v) is 6.59. The van der Waals surface area contributed by atoms with Gasteiger partial charge in [0.2, 0.25) is 0 Å². The molecule has 0 aromatic heterocycles. The Labute approximate surface area is 128 Å². The Balaban J connectivity index is 2.34. The fourth-order valence-electron chi connectivity index (χ4n) is 1.60. The van der Waals surface area contributed by atoms with Crippen molar-refractivity contribution >= 4 is 44.6 Å². The molecule has 0 saturated heterocycles. The van der Waals surface area contributed by atoms with Gasteiger partial charge >= 0.3 is 0 Å². The summed E-state index contributed by atoms with van der Waals surface area (Å²) in [6.07, 6.45) is 0. The van der Waals surface area contributed by atoms with Crippen LogP contribution in [0.4, 0.5) is 17.1 Å². The van der Waals surface area contributed by atoms with Crippen LogP contribution in [-0.4, -0.2) is 4.92 Å². The summed E-state index contributed by atoms with van der Waals surface area (Å²) in [4.78, 5) is 10.3. The molecule has 0 fully saturated rings. The van der Waals surface area contributed by atoms with Gasteiger partial charge in [-0.3, -0.25) is 10.1 Å². The molecule has 2 aromatic carbocycles. The SMILES string of the molecule is N#Cc1ccc(Nc2ccc(Cl)c(Br)c2)cc1[N+](=O)[O-]. The number of halogens is 2. The maximum absolute atomic E-state index is 10.9. The highest BCUT2D eigenvalue weighted by molar-refractivity contribution is 9.10. The molecule has 0 aliphatic rings. The van der Waals surface area contributed by atoms with Gasteiger partial charge in [0.1, 0.15) is 11.6 Å². The Morgan fingerprint density at radius 2 is 1.90 bits per heavy atom. The molecular formula is C13H7BrClN3O2.